The zero-order chi connectivity index (χ0) is 14.8. The average molecular weight is 317 g/mol. The number of rotatable bonds is 4. The molecule has 1 spiro atoms. The maximum absolute atomic E-state index is 6.06. The van der Waals surface area contributed by atoms with Gasteiger partial charge in [-0.15, -0.1) is 11.3 Å². The van der Waals surface area contributed by atoms with Gasteiger partial charge in [0.25, 0.3) is 0 Å². The highest BCUT2D eigenvalue weighted by Gasteiger charge is 2.48. The smallest absolute Gasteiger partial charge is 0.316 e. The van der Waals surface area contributed by atoms with Crippen molar-refractivity contribution in [2.45, 2.75) is 31.1 Å². The Labute approximate surface area is 133 Å². The van der Waals surface area contributed by atoms with E-state index in [0.717, 1.165) is 39.1 Å². The molecule has 0 amide bonds. The van der Waals surface area contributed by atoms with Gasteiger partial charge in [0.05, 0.1) is 12.2 Å². The van der Waals surface area contributed by atoms with Crippen molar-refractivity contribution < 1.29 is 9.47 Å². The molecule has 1 unspecified atom stereocenters. The normalized spacial score (nSPS) is 24.1. The molecule has 2 saturated heterocycles. The van der Waals surface area contributed by atoms with Gasteiger partial charge in [-0.05, 0) is 17.5 Å². The zero-order valence-electron chi connectivity index (χ0n) is 12.4. The van der Waals surface area contributed by atoms with Crippen molar-refractivity contribution in [2.24, 2.45) is 0 Å². The monoisotopic (exact) mass is 317 g/mol. The van der Waals surface area contributed by atoms with Gasteiger partial charge in [0.15, 0.2) is 0 Å². The molecule has 0 bridgehead atoms. The van der Waals surface area contributed by atoms with E-state index in [-0.39, 0.29) is 11.7 Å². The molecule has 116 valence electrons. The Hall–Kier alpha value is -1.50. The lowest BCUT2D eigenvalue weighted by molar-refractivity contribution is -0.188. The third-order valence-electron chi connectivity index (χ3n) is 4.24. The van der Waals surface area contributed by atoms with E-state index in [1.165, 1.54) is 4.88 Å². The highest BCUT2D eigenvalue weighted by molar-refractivity contribution is 7.09. The van der Waals surface area contributed by atoms with Gasteiger partial charge in [0, 0.05) is 49.7 Å². The molecular formula is C16H19N3O2S. The molecule has 0 aliphatic carbocycles. The fraction of sp³-hybridized carbons (Fsp3) is 0.500. The Morgan fingerprint density at radius 3 is 2.95 bits per heavy atom. The number of hydrogen-bond donors (Lipinski definition) is 0. The van der Waals surface area contributed by atoms with E-state index < -0.39 is 0 Å². The lowest BCUT2D eigenvalue weighted by Crippen LogP contribution is -2.65. The minimum Gasteiger partial charge on any atom is -0.460 e. The number of ether oxygens (including phenoxy) is 2. The summed E-state index contributed by atoms with van der Waals surface area (Å²) in [6.07, 6.45) is 5.41. The van der Waals surface area contributed by atoms with Gasteiger partial charge in [-0.3, -0.25) is 4.90 Å². The van der Waals surface area contributed by atoms with E-state index >= 15 is 0 Å². The molecule has 5 nitrogen and oxygen atoms in total. The summed E-state index contributed by atoms with van der Waals surface area (Å²) in [6.45, 7) is 3.75. The van der Waals surface area contributed by atoms with Crippen molar-refractivity contribution in [3.05, 3.63) is 40.8 Å². The highest BCUT2D eigenvalue weighted by atomic mass is 32.1. The third kappa shape index (κ3) is 2.99. The summed E-state index contributed by atoms with van der Waals surface area (Å²) in [6, 6.07) is 6.57. The first-order valence-electron chi connectivity index (χ1n) is 7.64. The van der Waals surface area contributed by atoms with Crippen LogP contribution >= 0.6 is 11.3 Å². The molecule has 4 heterocycles. The molecule has 0 radical (unpaired) electrons. The van der Waals surface area contributed by atoms with Crippen LogP contribution < -0.4 is 4.74 Å². The summed E-state index contributed by atoms with van der Waals surface area (Å²) in [7, 11) is 0. The van der Waals surface area contributed by atoms with Gasteiger partial charge in [-0.2, -0.15) is 0 Å². The lowest BCUT2D eigenvalue weighted by Gasteiger charge is -2.52. The van der Waals surface area contributed by atoms with E-state index in [1.54, 1.807) is 18.5 Å². The molecule has 0 aromatic carbocycles. The minimum absolute atomic E-state index is 0.0328. The first-order chi connectivity index (χ1) is 10.8. The first-order valence-corrected chi connectivity index (χ1v) is 8.52. The van der Waals surface area contributed by atoms with Gasteiger partial charge in [0.1, 0.15) is 6.10 Å². The van der Waals surface area contributed by atoms with Crippen LogP contribution in [-0.4, -0.2) is 46.3 Å². The predicted octanol–water partition coefficient (Wildman–Crippen LogP) is 2.35. The van der Waals surface area contributed by atoms with Crippen molar-refractivity contribution >= 4 is 11.3 Å². The predicted molar refractivity (Wildman–Crippen MR) is 84.0 cm³/mol. The Morgan fingerprint density at radius 2 is 2.18 bits per heavy atom. The van der Waals surface area contributed by atoms with Crippen LogP contribution in [0.5, 0.6) is 6.01 Å². The SMILES string of the molecule is c1cnc(OC2CCOC3(C2)CN(Cc2cccs2)C3)nc1. The number of nitrogens with zero attached hydrogens (tertiary/aromatic N) is 3. The Kier molecular flexibility index (Phi) is 3.82. The highest BCUT2D eigenvalue weighted by Crippen LogP contribution is 2.36. The van der Waals surface area contributed by atoms with E-state index in [9.17, 15) is 0 Å². The van der Waals surface area contributed by atoms with E-state index in [2.05, 4.69) is 32.4 Å². The molecule has 1 atom stereocenters. The van der Waals surface area contributed by atoms with E-state index in [4.69, 9.17) is 9.47 Å². The Bertz CT molecular complexity index is 599. The Balaban J connectivity index is 1.32. The molecular weight excluding hydrogens is 298 g/mol. The van der Waals surface area contributed by atoms with Crippen LogP contribution in [0.3, 0.4) is 0 Å². The standard InChI is InChI=1S/C16H19N3O2S/c1-3-14(22-8-1)10-19-11-16(12-19)9-13(4-7-20-16)21-15-17-5-2-6-18-15/h1-3,5-6,8,13H,4,7,9-12H2. The fourth-order valence-corrected chi connectivity index (χ4v) is 4.05. The Morgan fingerprint density at radius 1 is 1.32 bits per heavy atom. The molecule has 4 rings (SSSR count). The number of likely N-dealkylation sites (tertiary alicyclic amines) is 1. The third-order valence-corrected chi connectivity index (χ3v) is 5.11. The van der Waals surface area contributed by atoms with E-state index in [1.807, 2.05) is 11.3 Å². The van der Waals surface area contributed by atoms with Crippen molar-refractivity contribution in [2.75, 3.05) is 19.7 Å². The largest absolute Gasteiger partial charge is 0.460 e. The summed E-state index contributed by atoms with van der Waals surface area (Å²) in [5.74, 6) is 0. The van der Waals surface area contributed by atoms with Gasteiger partial charge in [-0.25, -0.2) is 9.97 Å². The number of thiophene rings is 1. The molecule has 2 fully saturated rings. The van der Waals surface area contributed by atoms with Crippen molar-refractivity contribution in [3.63, 3.8) is 0 Å². The maximum Gasteiger partial charge on any atom is 0.316 e. The van der Waals surface area contributed by atoms with Crippen LogP contribution in [0.2, 0.25) is 0 Å². The van der Waals surface area contributed by atoms with Crippen LogP contribution in [0.15, 0.2) is 36.0 Å². The van der Waals surface area contributed by atoms with Crippen molar-refractivity contribution in [1.29, 1.82) is 0 Å². The second-order valence-corrected chi connectivity index (χ2v) is 7.05. The van der Waals surface area contributed by atoms with Gasteiger partial charge < -0.3 is 9.47 Å². The van der Waals surface area contributed by atoms with Crippen LogP contribution in [-0.2, 0) is 11.3 Å². The lowest BCUT2D eigenvalue weighted by atomic mass is 9.84. The molecule has 2 aromatic rings. The van der Waals surface area contributed by atoms with Gasteiger partial charge >= 0.3 is 6.01 Å². The summed E-state index contributed by atoms with van der Waals surface area (Å²) in [4.78, 5) is 12.1. The van der Waals surface area contributed by atoms with Crippen LogP contribution in [0.1, 0.15) is 17.7 Å². The fourth-order valence-electron chi connectivity index (χ4n) is 3.30. The molecule has 22 heavy (non-hydrogen) atoms. The molecule has 6 heteroatoms. The first kappa shape index (κ1) is 14.1. The number of hydrogen-bond acceptors (Lipinski definition) is 6. The topological polar surface area (TPSA) is 47.5 Å². The minimum atomic E-state index is -0.0328. The second kappa shape index (κ2) is 5.95. The van der Waals surface area contributed by atoms with Gasteiger partial charge in [-0.1, -0.05) is 6.07 Å². The summed E-state index contributed by atoms with van der Waals surface area (Å²) < 4.78 is 12.0. The zero-order valence-corrected chi connectivity index (χ0v) is 13.2. The molecule has 2 aliphatic rings. The average Bonchev–Trinajstić information content (AvgIpc) is 3.00. The summed E-state index contributed by atoms with van der Waals surface area (Å²) in [5.41, 5.74) is -0.0328. The van der Waals surface area contributed by atoms with Gasteiger partial charge in [0.2, 0.25) is 0 Å². The quantitative estimate of drug-likeness (QED) is 0.866. The van der Waals surface area contributed by atoms with Crippen molar-refractivity contribution in [1.82, 2.24) is 14.9 Å². The summed E-state index contributed by atoms with van der Waals surface area (Å²) >= 11 is 1.81. The van der Waals surface area contributed by atoms with Crippen LogP contribution in [0, 0.1) is 0 Å². The molecule has 0 N–H and O–H groups in total. The summed E-state index contributed by atoms with van der Waals surface area (Å²) in [5, 5.41) is 2.13. The molecule has 0 saturated carbocycles. The van der Waals surface area contributed by atoms with Crippen LogP contribution in [0.4, 0.5) is 0 Å². The second-order valence-electron chi connectivity index (χ2n) is 6.02. The number of aromatic nitrogens is 2. The maximum atomic E-state index is 6.06. The van der Waals surface area contributed by atoms with E-state index in [0.29, 0.717) is 6.01 Å². The molecule has 2 aromatic heterocycles. The van der Waals surface area contributed by atoms with Crippen LogP contribution in [0.25, 0.3) is 0 Å². The molecule has 2 aliphatic heterocycles. The van der Waals surface area contributed by atoms with Crippen molar-refractivity contribution in [3.8, 4) is 6.01 Å².